The van der Waals surface area contributed by atoms with Crippen LogP contribution in [0.25, 0.3) is 11.0 Å². The minimum Gasteiger partial charge on any atom is -0.423 e. The van der Waals surface area contributed by atoms with Gasteiger partial charge in [-0.05, 0) is 49.3 Å². The van der Waals surface area contributed by atoms with Gasteiger partial charge in [-0.3, -0.25) is 4.68 Å². The standard InChI is InChI=1S/C22H20N4O2S/c1-14-3-5-16(6-4-14)12-26-13-18(11-23-26)25-22(29)24-17-7-8-19-15(2)9-21(27)28-20(19)10-17/h3-11,13H,12H2,1-2H3,(H2,24,25,29). The lowest BCUT2D eigenvalue weighted by molar-refractivity contribution is 0.560. The van der Waals surface area contributed by atoms with E-state index in [0.717, 1.165) is 22.3 Å². The number of aromatic nitrogens is 2. The van der Waals surface area contributed by atoms with Crippen LogP contribution in [0.2, 0.25) is 0 Å². The van der Waals surface area contributed by atoms with Crippen LogP contribution in [0.15, 0.2) is 70.1 Å². The van der Waals surface area contributed by atoms with E-state index in [1.807, 2.05) is 29.9 Å². The van der Waals surface area contributed by atoms with Crippen molar-refractivity contribution in [3.05, 3.63) is 88.0 Å². The van der Waals surface area contributed by atoms with Gasteiger partial charge in [-0.15, -0.1) is 0 Å². The zero-order valence-corrected chi connectivity index (χ0v) is 16.9. The second-order valence-electron chi connectivity index (χ2n) is 6.95. The molecule has 0 saturated heterocycles. The smallest absolute Gasteiger partial charge is 0.336 e. The van der Waals surface area contributed by atoms with E-state index in [1.54, 1.807) is 12.3 Å². The van der Waals surface area contributed by atoms with Gasteiger partial charge in [0.05, 0.1) is 18.4 Å². The number of fused-ring (bicyclic) bond motifs is 1. The van der Waals surface area contributed by atoms with Gasteiger partial charge in [0.15, 0.2) is 5.11 Å². The molecule has 0 bridgehead atoms. The van der Waals surface area contributed by atoms with Gasteiger partial charge in [0.1, 0.15) is 5.58 Å². The highest BCUT2D eigenvalue weighted by atomic mass is 32.1. The van der Waals surface area contributed by atoms with Crippen LogP contribution in [0.4, 0.5) is 11.4 Å². The summed E-state index contributed by atoms with van der Waals surface area (Å²) >= 11 is 5.39. The van der Waals surface area contributed by atoms with Crippen LogP contribution in [-0.2, 0) is 6.54 Å². The Morgan fingerprint density at radius 3 is 2.62 bits per heavy atom. The Bertz CT molecular complexity index is 1240. The third kappa shape index (κ3) is 4.52. The summed E-state index contributed by atoms with van der Waals surface area (Å²) in [6.07, 6.45) is 3.63. The summed E-state index contributed by atoms with van der Waals surface area (Å²) in [6, 6.07) is 15.4. The zero-order valence-electron chi connectivity index (χ0n) is 16.1. The molecular formula is C22H20N4O2S. The minimum atomic E-state index is -0.367. The Labute approximate surface area is 173 Å². The van der Waals surface area contributed by atoms with Crippen molar-refractivity contribution in [3.63, 3.8) is 0 Å². The fraction of sp³-hybridized carbons (Fsp3) is 0.136. The van der Waals surface area contributed by atoms with Crippen molar-refractivity contribution >= 4 is 39.7 Å². The monoisotopic (exact) mass is 404 g/mol. The molecule has 7 heteroatoms. The molecule has 6 nitrogen and oxygen atoms in total. The van der Waals surface area contributed by atoms with Crippen molar-refractivity contribution in [2.75, 3.05) is 10.6 Å². The van der Waals surface area contributed by atoms with E-state index >= 15 is 0 Å². The Hall–Kier alpha value is -3.45. The molecule has 2 aromatic carbocycles. The summed E-state index contributed by atoms with van der Waals surface area (Å²) < 4.78 is 7.13. The molecule has 0 saturated carbocycles. The van der Waals surface area contributed by atoms with E-state index in [-0.39, 0.29) is 5.63 Å². The largest absolute Gasteiger partial charge is 0.423 e. The summed E-state index contributed by atoms with van der Waals surface area (Å²) in [5.41, 5.74) is 4.97. The van der Waals surface area contributed by atoms with Gasteiger partial charge in [0.25, 0.3) is 0 Å². The third-order valence-electron chi connectivity index (χ3n) is 4.57. The van der Waals surface area contributed by atoms with Gasteiger partial charge in [-0.25, -0.2) is 4.79 Å². The fourth-order valence-electron chi connectivity index (χ4n) is 3.09. The third-order valence-corrected chi connectivity index (χ3v) is 4.77. The summed E-state index contributed by atoms with van der Waals surface area (Å²) in [5, 5.41) is 11.9. The molecule has 2 aromatic heterocycles. The first-order valence-electron chi connectivity index (χ1n) is 9.17. The van der Waals surface area contributed by atoms with Crippen molar-refractivity contribution in [2.45, 2.75) is 20.4 Å². The first-order chi connectivity index (χ1) is 14.0. The molecule has 2 N–H and O–H groups in total. The van der Waals surface area contributed by atoms with Gasteiger partial charge < -0.3 is 15.1 Å². The summed E-state index contributed by atoms with van der Waals surface area (Å²) in [7, 11) is 0. The summed E-state index contributed by atoms with van der Waals surface area (Å²) in [5.74, 6) is 0. The molecule has 2 heterocycles. The van der Waals surface area contributed by atoms with E-state index in [1.165, 1.54) is 17.2 Å². The predicted octanol–water partition coefficient (Wildman–Crippen LogP) is 4.46. The highest BCUT2D eigenvalue weighted by molar-refractivity contribution is 7.80. The number of hydrogen-bond acceptors (Lipinski definition) is 4. The molecule has 0 aliphatic heterocycles. The lowest BCUT2D eigenvalue weighted by Gasteiger charge is -2.10. The van der Waals surface area contributed by atoms with Crippen LogP contribution in [0.3, 0.4) is 0 Å². The maximum atomic E-state index is 11.6. The molecule has 0 aliphatic carbocycles. The van der Waals surface area contributed by atoms with Crippen molar-refractivity contribution in [3.8, 4) is 0 Å². The van der Waals surface area contributed by atoms with Crippen molar-refractivity contribution in [1.82, 2.24) is 9.78 Å². The van der Waals surface area contributed by atoms with Gasteiger partial charge in [0, 0.05) is 29.4 Å². The van der Waals surface area contributed by atoms with Crippen LogP contribution >= 0.6 is 12.2 Å². The van der Waals surface area contributed by atoms with E-state index in [2.05, 4.69) is 46.9 Å². The number of aryl methyl sites for hydroxylation is 2. The molecule has 0 radical (unpaired) electrons. The van der Waals surface area contributed by atoms with Crippen LogP contribution in [0, 0.1) is 13.8 Å². The maximum Gasteiger partial charge on any atom is 0.336 e. The molecule has 0 fully saturated rings. The average Bonchev–Trinajstić information content (AvgIpc) is 3.09. The van der Waals surface area contributed by atoms with Crippen molar-refractivity contribution in [1.29, 1.82) is 0 Å². The average molecular weight is 404 g/mol. The molecule has 0 unspecified atom stereocenters. The maximum absolute atomic E-state index is 11.6. The molecule has 146 valence electrons. The van der Waals surface area contributed by atoms with Gasteiger partial charge in [-0.1, -0.05) is 29.8 Å². The van der Waals surface area contributed by atoms with Crippen LogP contribution < -0.4 is 16.3 Å². The molecule has 0 aliphatic rings. The van der Waals surface area contributed by atoms with Gasteiger partial charge >= 0.3 is 5.63 Å². The fourth-order valence-corrected chi connectivity index (χ4v) is 3.33. The van der Waals surface area contributed by atoms with Crippen LogP contribution in [0.1, 0.15) is 16.7 Å². The number of hydrogen-bond donors (Lipinski definition) is 2. The first-order valence-corrected chi connectivity index (χ1v) is 9.58. The Kier molecular flexibility index (Phi) is 5.14. The minimum absolute atomic E-state index is 0.367. The number of nitrogens with one attached hydrogen (secondary N) is 2. The highest BCUT2D eigenvalue weighted by Crippen LogP contribution is 2.21. The highest BCUT2D eigenvalue weighted by Gasteiger charge is 2.06. The topological polar surface area (TPSA) is 72.1 Å². The number of anilines is 2. The van der Waals surface area contributed by atoms with Crippen molar-refractivity contribution < 1.29 is 4.42 Å². The van der Waals surface area contributed by atoms with E-state index < -0.39 is 0 Å². The number of nitrogens with zero attached hydrogens (tertiary/aromatic N) is 2. The number of benzene rings is 2. The van der Waals surface area contributed by atoms with Gasteiger partial charge in [-0.2, -0.15) is 5.10 Å². The Morgan fingerprint density at radius 2 is 1.83 bits per heavy atom. The first kappa shape index (κ1) is 18.9. The molecule has 4 aromatic rings. The van der Waals surface area contributed by atoms with E-state index in [9.17, 15) is 4.79 Å². The van der Waals surface area contributed by atoms with Gasteiger partial charge in [0.2, 0.25) is 0 Å². The van der Waals surface area contributed by atoms with E-state index in [4.69, 9.17) is 16.6 Å². The van der Waals surface area contributed by atoms with Crippen LogP contribution in [-0.4, -0.2) is 14.9 Å². The predicted molar refractivity (Wildman–Crippen MR) is 120 cm³/mol. The number of thiocarbonyl (C=S) groups is 1. The Morgan fingerprint density at radius 1 is 1.07 bits per heavy atom. The SMILES string of the molecule is Cc1ccc(Cn2cc(NC(=S)Nc3ccc4c(C)cc(=O)oc4c3)cn2)cc1. The second-order valence-corrected chi connectivity index (χ2v) is 7.36. The molecule has 0 atom stereocenters. The molecule has 4 rings (SSSR count). The quantitative estimate of drug-likeness (QED) is 0.386. The lowest BCUT2D eigenvalue weighted by atomic mass is 10.1. The second kappa shape index (κ2) is 7.89. The molecule has 0 amide bonds. The Balaban J connectivity index is 1.42. The van der Waals surface area contributed by atoms with E-state index in [0.29, 0.717) is 17.2 Å². The lowest BCUT2D eigenvalue weighted by Crippen LogP contribution is -2.18. The summed E-state index contributed by atoms with van der Waals surface area (Å²) in [4.78, 5) is 11.6. The normalized spacial score (nSPS) is 10.8. The summed E-state index contributed by atoms with van der Waals surface area (Å²) in [6.45, 7) is 4.64. The zero-order chi connectivity index (χ0) is 20.4. The van der Waals surface area contributed by atoms with Crippen molar-refractivity contribution in [2.24, 2.45) is 0 Å². The molecular weight excluding hydrogens is 384 g/mol. The molecule has 29 heavy (non-hydrogen) atoms. The van der Waals surface area contributed by atoms with Crippen LogP contribution in [0.5, 0.6) is 0 Å². The molecule has 0 spiro atoms. The number of rotatable bonds is 4.